The van der Waals surface area contributed by atoms with Crippen LogP contribution in [0.5, 0.6) is 11.5 Å². The number of benzene rings is 2. The number of nitrogens with zero attached hydrogens (tertiary/aromatic N) is 1. The van der Waals surface area contributed by atoms with Crippen LogP contribution in [0, 0.1) is 5.92 Å². The Morgan fingerprint density at radius 1 is 1.15 bits per heavy atom. The zero-order valence-corrected chi connectivity index (χ0v) is 15.8. The van der Waals surface area contributed by atoms with Gasteiger partial charge in [0.15, 0.2) is 0 Å². The summed E-state index contributed by atoms with van der Waals surface area (Å²) < 4.78 is 5.80. The number of para-hydroxylation sites is 1. The summed E-state index contributed by atoms with van der Waals surface area (Å²) in [5.41, 5.74) is 0.725. The van der Waals surface area contributed by atoms with Crippen molar-refractivity contribution in [3.05, 3.63) is 60.2 Å². The lowest BCUT2D eigenvalue weighted by Gasteiger charge is -2.28. The molecule has 3 rings (SSSR count). The minimum atomic E-state index is -0.759. The molecule has 1 saturated heterocycles. The summed E-state index contributed by atoms with van der Waals surface area (Å²) in [6.07, 6.45) is 1.90. The van der Waals surface area contributed by atoms with Gasteiger partial charge in [-0.2, -0.15) is 0 Å². The predicted octanol–water partition coefficient (Wildman–Crippen LogP) is 3.36. The Morgan fingerprint density at radius 2 is 1.85 bits per heavy atom. The fraction of sp³-hybridized carbons (Fsp3) is 0.409. The minimum absolute atomic E-state index is 0.0142. The molecule has 2 aromatic rings. The number of likely N-dealkylation sites (tertiary alicyclic amines) is 1. The van der Waals surface area contributed by atoms with Gasteiger partial charge in [0, 0.05) is 13.0 Å². The van der Waals surface area contributed by atoms with E-state index in [2.05, 4.69) is 17.3 Å². The first-order chi connectivity index (χ1) is 13.1. The number of amides is 1. The van der Waals surface area contributed by atoms with Crippen molar-refractivity contribution in [3.63, 3.8) is 0 Å². The Morgan fingerprint density at radius 3 is 2.59 bits per heavy atom. The van der Waals surface area contributed by atoms with Gasteiger partial charge < -0.3 is 20.1 Å². The van der Waals surface area contributed by atoms with Crippen LogP contribution in [0.4, 0.5) is 0 Å². The van der Waals surface area contributed by atoms with E-state index in [0.717, 1.165) is 37.2 Å². The fourth-order valence-corrected chi connectivity index (χ4v) is 3.34. The van der Waals surface area contributed by atoms with Gasteiger partial charge in [0.05, 0.1) is 6.10 Å². The van der Waals surface area contributed by atoms with E-state index in [-0.39, 0.29) is 12.5 Å². The van der Waals surface area contributed by atoms with E-state index in [4.69, 9.17) is 4.74 Å². The maximum atomic E-state index is 12.2. The van der Waals surface area contributed by atoms with E-state index in [1.54, 1.807) is 6.07 Å². The second-order valence-corrected chi connectivity index (χ2v) is 7.26. The summed E-state index contributed by atoms with van der Waals surface area (Å²) in [6, 6.07) is 16.9. The van der Waals surface area contributed by atoms with E-state index in [1.807, 2.05) is 48.5 Å². The molecule has 5 nitrogen and oxygen atoms in total. The molecule has 0 saturated carbocycles. The van der Waals surface area contributed by atoms with Gasteiger partial charge in [0.25, 0.3) is 0 Å². The molecular weight excluding hydrogens is 340 g/mol. The lowest BCUT2D eigenvalue weighted by Crippen LogP contribution is -2.34. The van der Waals surface area contributed by atoms with E-state index in [9.17, 15) is 9.90 Å². The molecule has 1 aliphatic heterocycles. The predicted molar refractivity (Wildman–Crippen MR) is 106 cm³/mol. The van der Waals surface area contributed by atoms with Crippen molar-refractivity contribution in [1.29, 1.82) is 0 Å². The summed E-state index contributed by atoms with van der Waals surface area (Å²) >= 11 is 0. The van der Waals surface area contributed by atoms with Crippen molar-refractivity contribution in [2.24, 2.45) is 5.92 Å². The second kappa shape index (κ2) is 9.53. The molecule has 1 amide bonds. The third-order valence-corrected chi connectivity index (χ3v) is 5.03. The van der Waals surface area contributed by atoms with E-state index < -0.39 is 6.10 Å². The summed E-state index contributed by atoms with van der Waals surface area (Å²) in [7, 11) is 2.11. The Hall–Kier alpha value is -2.37. The van der Waals surface area contributed by atoms with Crippen LogP contribution in [-0.2, 0) is 4.79 Å². The molecule has 1 atom stereocenters. The number of piperidine rings is 1. The lowest BCUT2D eigenvalue weighted by molar-refractivity contribution is -0.122. The first kappa shape index (κ1) is 19.4. The van der Waals surface area contributed by atoms with Crippen LogP contribution in [0.25, 0.3) is 0 Å². The molecule has 2 N–H and O–H groups in total. The Kier molecular flexibility index (Phi) is 6.85. The summed E-state index contributed by atoms with van der Waals surface area (Å²) in [6.45, 7) is 2.31. The van der Waals surface area contributed by atoms with Crippen LogP contribution < -0.4 is 10.1 Å². The molecule has 1 fully saturated rings. The van der Waals surface area contributed by atoms with Crippen molar-refractivity contribution >= 4 is 5.91 Å². The molecule has 5 heteroatoms. The highest BCUT2D eigenvalue weighted by molar-refractivity contribution is 5.76. The summed E-state index contributed by atoms with van der Waals surface area (Å²) in [5.74, 6) is 1.87. The summed E-state index contributed by atoms with van der Waals surface area (Å²) in [4.78, 5) is 14.5. The van der Waals surface area contributed by atoms with Crippen LogP contribution in [0.15, 0.2) is 54.6 Å². The average molecular weight is 368 g/mol. The van der Waals surface area contributed by atoms with Gasteiger partial charge >= 0.3 is 0 Å². The molecule has 1 aliphatic rings. The second-order valence-electron chi connectivity index (χ2n) is 7.26. The highest BCUT2D eigenvalue weighted by Gasteiger charge is 2.20. The van der Waals surface area contributed by atoms with Gasteiger partial charge in [-0.25, -0.2) is 0 Å². The molecule has 0 spiro atoms. The largest absolute Gasteiger partial charge is 0.457 e. The number of ether oxygens (including phenoxy) is 1. The third-order valence-electron chi connectivity index (χ3n) is 5.03. The molecule has 0 aliphatic carbocycles. The van der Waals surface area contributed by atoms with E-state index in [0.29, 0.717) is 18.1 Å². The first-order valence-electron chi connectivity index (χ1n) is 9.56. The first-order valence-corrected chi connectivity index (χ1v) is 9.56. The van der Waals surface area contributed by atoms with Crippen LogP contribution in [0.2, 0.25) is 0 Å². The van der Waals surface area contributed by atoms with Gasteiger partial charge in [-0.15, -0.1) is 0 Å². The Labute approximate surface area is 161 Å². The monoisotopic (exact) mass is 368 g/mol. The normalized spacial score (nSPS) is 16.7. The number of carbonyl (C=O) groups excluding carboxylic acids is 1. The van der Waals surface area contributed by atoms with E-state index >= 15 is 0 Å². The van der Waals surface area contributed by atoms with Gasteiger partial charge in [0.2, 0.25) is 5.91 Å². The molecule has 27 heavy (non-hydrogen) atoms. The molecule has 0 bridgehead atoms. The van der Waals surface area contributed by atoms with Gasteiger partial charge in [-0.05, 0) is 68.7 Å². The standard InChI is InChI=1S/C22H28N2O3/c1-24-12-10-17(11-13-24)14-22(26)23-16-21(25)18-6-5-9-20(15-18)27-19-7-3-2-4-8-19/h2-9,15,17,21,25H,10-14,16H2,1H3,(H,23,26)/t21-/m0/s1. The molecule has 0 unspecified atom stereocenters. The molecule has 1 heterocycles. The number of aliphatic hydroxyl groups excluding tert-OH is 1. The van der Waals surface area contributed by atoms with Gasteiger partial charge in [-0.3, -0.25) is 4.79 Å². The number of hydrogen-bond donors (Lipinski definition) is 2. The van der Waals surface area contributed by atoms with Crippen LogP contribution >= 0.6 is 0 Å². The zero-order chi connectivity index (χ0) is 19.1. The SMILES string of the molecule is CN1CCC(CC(=O)NC[C@H](O)c2cccc(Oc3ccccc3)c2)CC1. The Bertz CT molecular complexity index is 727. The fourth-order valence-electron chi connectivity index (χ4n) is 3.34. The summed E-state index contributed by atoms with van der Waals surface area (Å²) in [5, 5.41) is 13.3. The lowest BCUT2D eigenvalue weighted by atomic mass is 9.93. The van der Waals surface area contributed by atoms with Crippen LogP contribution in [0.3, 0.4) is 0 Å². The highest BCUT2D eigenvalue weighted by atomic mass is 16.5. The van der Waals surface area contributed by atoms with Crippen LogP contribution in [0.1, 0.15) is 30.9 Å². The Balaban J connectivity index is 1.48. The highest BCUT2D eigenvalue weighted by Crippen LogP contribution is 2.24. The third kappa shape index (κ3) is 6.08. The number of aliphatic hydroxyl groups is 1. The molecule has 0 radical (unpaired) electrons. The molecule has 144 valence electrons. The van der Waals surface area contributed by atoms with Crippen LogP contribution in [-0.4, -0.2) is 42.6 Å². The number of carbonyl (C=O) groups is 1. The van der Waals surface area contributed by atoms with Gasteiger partial charge in [-0.1, -0.05) is 30.3 Å². The molecular formula is C22H28N2O3. The van der Waals surface area contributed by atoms with Crippen molar-refractivity contribution in [3.8, 4) is 11.5 Å². The maximum absolute atomic E-state index is 12.2. The molecule has 0 aromatic heterocycles. The number of nitrogens with one attached hydrogen (secondary N) is 1. The smallest absolute Gasteiger partial charge is 0.220 e. The van der Waals surface area contributed by atoms with Crippen molar-refractivity contribution in [1.82, 2.24) is 10.2 Å². The van der Waals surface area contributed by atoms with Crippen molar-refractivity contribution in [2.75, 3.05) is 26.7 Å². The van der Waals surface area contributed by atoms with Crippen molar-refractivity contribution < 1.29 is 14.6 Å². The maximum Gasteiger partial charge on any atom is 0.220 e. The molecule has 2 aromatic carbocycles. The average Bonchev–Trinajstić information content (AvgIpc) is 2.69. The number of rotatable bonds is 7. The number of hydrogen-bond acceptors (Lipinski definition) is 4. The zero-order valence-electron chi connectivity index (χ0n) is 15.8. The van der Waals surface area contributed by atoms with Crippen molar-refractivity contribution in [2.45, 2.75) is 25.4 Å². The quantitative estimate of drug-likeness (QED) is 0.787. The van der Waals surface area contributed by atoms with Gasteiger partial charge in [0.1, 0.15) is 11.5 Å². The van der Waals surface area contributed by atoms with E-state index in [1.165, 1.54) is 0 Å². The topological polar surface area (TPSA) is 61.8 Å². The minimum Gasteiger partial charge on any atom is -0.457 e.